The Morgan fingerprint density at radius 3 is 2.32 bits per heavy atom. The van der Waals surface area contributed by atoms with E-state index in [0.29, 0.717) is 18.8 Å². The predicted octanol–water partition coefficient (Wildman–Crippen LogP) is 4.24. The molecule has 0 unspecified atom stereocenters. The van der Waals surface area contributed by atoms with Gasteiger partial charge >= 0.3 is 11.9 Å². The molecule has 2 aromatic carbocycles. The molecule has 3 aromatic rings. The number of aryl methyl sites for hydroxylation is 1. The molecule has 1 aromatic heterocycles. The zero-order chi connectivity index (χ0) is 31.3. The van der Waals surface area contributed by atoms with Crippen molar-refractivity contribution in [3.05, 3.63) is 71.4 Å². The van der Waals surface area contributed by atoms with Crippen molar-refractivity contribution in [1.29, 1.82) is 0 Å². The summed E-state index contributed by atoms with van der Waals surface area (Å²) in [5, 5.41) is 21.3. The molecule has 0 spiro atoms. The maximum Gasteiger partial charge on any atom is 0.328 e. The van der Waals surface area contributed by atoms with Gasteiger partial charge in [-0.3, -0.25) is 4.90 Å². The molecule has 11 nitrogen and oxygen atoms in total. The van der Waals surface area contributed by atoms with E-state index in [2.05, 4.69) is 65.5 Å². The zero-order valence-corrected chi connectivity index (χ0v) is 25.5. The molecule has 2 saturated heterocycles. The van der Waals surface area contributed by atoms with E-state index in [9.17, 15) is 9.59 Å². The number of likely N-dealkylation sites (tertiary alicyclic amines) is 1. The number of carboxylic acids is 2. The number of carboxylic acid groups (broad SMARTS) is 2. The van der Waals surface area contributed by atoms with Crippen molar-refractivity contribution in [2.75, 3.05) is 53.6 Å². The first-order valence-electron chi connectivity index (χ1n) is 15.1. The Balaban J connectivity index is 0.000000488. The SMILES string of the molecule is CN(C)Cc1c(OCCc2ccccc2)ccc2c(CCC3CCN(CC4OCCO4)CC3)noc12.O=C(O)/C=C/C(=O)O. The second-order valence-corrected chi connectivity index (χ2v) is 11.3. The Morgan fingerprint density at radius 2 is 1.68 bits per heavy atom. The number of hydrogen-bond donors (Lipinski definition) is 2. The maximum absolute atomic E-state index is 9.55. The second kappa shape index (κ2) is 16.9. The van der Waals surface area contributed by atoms with Crippen molar-refractivity contribution in [2.24, 2.45) is 5.92 Å². The van der Waals surface area contributed by atoms with Gasteiger partial charge in [0.2, 0.25) is 0 Å². The lowest BCUT2D eigenvalue weighted by atomic mass is 9.91. The van der Waals surface area contributed by atoms with E-state index in [1.165, 1.54) is 18.4 Å². The Bertz CT molecular complexity index is 1340. The molecule has 238 valence electrons. The standard InChI is InChI=1S/C29H39N3O4.C4H4O4/c1-31(2)20-25-27(33-17-14-22-6-4-3-5-7-22)11-9-24-26(30-36-29(24)25)10-8-23-12-15-32(16-13-23)21-28-34-18-19-35-28;5-3(6)1-2-4(7)8/h3-7,9,11,23,28H,8,10,12-21H2,1-2H3;1-2H,(H,5,6)(H,7,8)/b;2-1+. The third kappa shape index (κ3) is 10.4. The van der Waals surface area contributed by atoms with Crippen LogP contribution in [0.5, 0.6) is 5.75 Å². The summed E-state index contributed by atoms with van der Waals surface area (Å²) in [5.41, 5.74) is 4.29. The van der Waals surface area contributed by atoms with Crippen molar-refractivity contribution >= 4 is 22.9 Å². The van der Waals surface area contributed by atoms with Crippen LogP contribution in [-0.4, -0.2) is 96.9 Å². The molecule has 2 aliphatic rings. The van der Waals surface area contributed by atoms with Gasteiger partial charge in [-0.15, -0.1) is 0 Å². The summed E-state index contributed by atoms with van der Waals surface area (Å²) in [4.78, 5) is 23.7. The van der Waals surface area contributed by atoms with Crippen molar-refractivity contribution in [3.63, 3.8) is 0 Å². The lowest BCUT2D eigenvalue weighted by molar-refractivity contribution is -0.134. The fourth-order valence-corrected chi connectivity index (χ4v) is 5.46. The summed E-state index contributed by atoms with van der Waals surface area (Å²) in [6.45, 7) is 5.96. The molecule has 0 radical (unpaired) electrons. The number of hydrogen-bond acceptors (Lipinski definition) is 9. The molecule has 11 heteroatoms. The van der Waals surface area contributed by atoms with Gasteiger partial charge in [-0.25, -0.2) is 9.59 Å². The van der Waals surface area contributed by atoms with Gasteiger partial charge < -0.3 is 33.8 Å². The van der Waals surface area contributed by atoms with Crippen LogP contribution in [0.1, 0.15) is 36.1 Å². The molecular weight excluding hydrogens is 566 g/mol. The summed E-state index contributed by atoms with van der Waals surface area (Å²) in [5.74, 6) is -0.905. The molecule has 44 heavy (non-hydrogen) atoms. The average Bonchev–Trinajstić information content (AvgIpc) is 3.67. The van der Waals surface area contributed by atoms with E-state index in [1.54, 1.807) is 0 Å². The van der Waals surface area contributed by atoms with Crippen LogP contribution >= 0.6 is 0 Å². The minimum absolute atomic E-state index is 0.0355. The molecule has 2 aliphatic heterocycles. The quantitative estimate of drug-likeness (QED) is 0.270. The first kappa shape index (κ1) is 33.1. The van der Waals surface area contributed by atoms with Gasteiger partial charge in [0, 0.05) is 37.0 Å². The largest absolute Gasteiger partial charge is 0.493 e. The molecule has 0 aliphatic carbocycles. The van der Waals surface area contributed by atoms with E-state index in [4.69, 9.17) is 28.9 Å². The number of benzene rings is 2. The Kier molecular flexibility index (Phi) is 12.7. The molecule has 0 bridgehead atoms. The van der Waals surface area contributed by atoms with Crippen molar-refractivity contribution in [2.45, 2.75) is 44.9 Å². The van der Waals surface area contributed by atoms with Gasteiger partial charge in [0.05, 0.1) is 31.1 Å². The van der Waals surface area contributed by atoms with E-state index in [-0.39, 0.29) is 6.29 Å². The minimum Gasteiger partial charge on any atom is -0.493 e. The lowest BCUT2D eigenvalue weighted by Crippen LogP contribution is -2.39. The van der Waals surface area contributed by atoms with Crippen molar-refractivity contribution in [1.82, 2.24) is 15.0 Å². The van der Waals surface area contributed by atoms with Gasteiger partial charge in [-0.2, -0.15) is 0 Å². The predicted molar refractivity (Wildman–Crippen MR) is 165 cm³/mol. The van der Waals surface area contributed by atoms with Gasteiger partial charge in [0.1, 0.15) is 5.75 Å². The van der Waals surface area contributed by atoms with E-state index < -0.39 is 11.9 Å². The smallest absolute Gasteiger partial charge is 0.328 e. The normalized spacial score (nSPS) is 16.4. The van der Waals surface area contributed by atoms with Crippen molar-refractivity contribution < 1.29 is 38.5 Å². The molecule has 0 amide bonds. The van der Waals surface area contributed by atoms with E-state index >= 15 is 0 Å². The molecule has 2 fully saturated rings. The zero-order valence-electron chi connectivity index (χ0n) is 25.5. The summed E-state index contributed by atoms with van der Waals surface area (Å²) < 4.78 is 23.4. The highest BCUT2D eigenvalue weighted by molar-refractivity contribution is 5.89. The number of nitrogens with zero attached hydrogens (tertiary/aromatic N) is 3. The summed E-state index contributed by atoms with van der Waals surface area (Å²) in [7, 11) is 4.14. The highest BCUT2D eigenvalue weighted by Gasteiger charge is 2.25. The first-order chi connectivity index (χ1) is 21.3. The Labute approximate surface area is 258 Å². The summed E-state index contributed by atoms with van der Waals surface area (Å²) in [6, 6.07) is 14.7. The molecule has 0 atom stereocenters. The maximum atomic E-state index is 9.55. The Hall–Kier alpha value is -3.77. The van der Waals surface area contributed by atoms with Gasteiger partial charge in [-0.1, -0.05) is 35.5 Å². The average molecular weight is 610 g/mol. The van der Waals surface area contributed by atoms with Crippen LogP contribution in [0.3, 0.4) is 0 Å². The molecule has 3 heterocycles. The van der Waals surface area contributed by atoms with Crippen molar-refractivity contribution in [3.8, 4) is 5.75 Å². The molecular formula is C33H43N3O8. The second-order valence-electron chi connectivity index (χ2n) is 11.3. The van der Waals surface area contributed by atoms with Crippen LogP contribution in [0.2, 0.25) is 0 Å². The number of rotatable bonds is 13. The van der Waals surface area contributed by atoms with Gasteiger partial charge in [0.15, 0.2) is 11.9 Å². The van der Waals surface area contributed by atoms with Crippen LogP contribution in [-0.2, 0) is 38.4 Å². The third-order valence-corrected chi connectivity index (χ3v) is 7.70. The minimum atomic E-state index is -1.26. The van der Waals surface area contributed by atoms with Crippen LogP contribution in [0.4, 0.5) is 0 Å². The molecule has 2 N–H and O–H groups in total. The summed E-state index contributed by atoms with van der Waals surface area (Å²) >= 11 is 0. The lowest BCUT2D eigenvalue weighted by Gasteiger charge is -2.32. The van der Waals surface area contributed by atoms with E-state index in [1.807, 2.05) is 6.07 Å². The number of carbonyl (C=O) groups is 2. The van der Waals surface area contributed by atoms with Crippen LogP contribution in [0.15, 0.2) is 59.1 Å². The number of aromatic nitrogens is 1. The van der Waals surface area contributed by atoms with Crippen LogP contribution in [0, 0.1) is 5.92 Å². The number of piperidine rings is 1. The monoisotopic (exact) mass is 609 g/mol. The number of ether oxygens (including phenoxy) is 3. The molecule has 0 saturated carbocycles. The van der Waals surface area contributed by atoms with Crippen LogP contribution in [0.25, 0.3) is 11.0 Å². The summed E-state index contributed by atoms with van der Waals surface area (Å²) in [6.07, 6.45) is 6.48. The number of aliphatic carboxylic acids is 2. The number of fused-ring (bicyclic) bond motifs is 1. The first-order valence-corrected chi connectivity index (χ1v) is 15.1. The fraction of sp³-hybridized carbons (Fsp3) is 0.485. The topological polar surface area (TPSA) is 135 Å². The van der Waals surface area contributed by atoms with Crippen LogP contribution < -0.4 is 4.74 Å². The van der Waals surface area contributed by atoms with E-state index in [0.717, 1.165) is 92.5 Å². The Morgan fingerprint density at radius 1 is 1.00 bits per heavy atom. The molecule has 5 rings (SSSR count). The highest BCUT2D eigenvalue weighted by atomic mass is 16.7. The highest BCUT2D eigenvalue weighted by Crippen LogP contribution is 2.33. The fourth-order valence-electron chi connectivity index (χ4n) is 5.46. The van der Waals surface area contributed by atoms with Gasteiger partial charge in [0.25, 0.3) is 0 Å². The van der Waals surface area contributed by atoms with Gasteiger partial charge in [-0.05, 0) is 76.5 Å². The third-order valence-electron chi connectivity index (χ3n) is 7.70.